The van der Waals surface area contributed by atoms with Gasteiger partial charge in [0.05, 0.1) is 0 Å². The largest absolute Gasteiger partial charge is 0.462 e. The van der Waals surface area contributed by atoms with Crippen LogP contribution in [0.1, 0.15) is 226 Å². The predicted molar refractivity (Wildman–Crippen MR) is 288 cm³/mol. The molecule has 0 N–H and O–H groups in total. The summed E-state index contributed by atoms with van der Waals surface area (Å²) in [7, 11) is 0. The van der Waals surface area contributed by atoms with E-state index in [4.69, 9.17) is 14.2 Å². The van der Waals surface area contributed by atoms with Crippen LogP contribution >= 0.6 is 0 Å². The maximum Gasteiger partial charge on any atom is 0.306 e. The molecule has 0 saturated carbocycles. The maximum atomic E-state index is 12.8. The van der Waals surface area contributed by atoms with Crippen molar-refractivity contribution in [3.05, 3.63) is 122 Å². The molecule has 0 heterocycles. The highest BCUT2D eigenvalue weighted by atomic mass is 16.6. The smallest absolute Gasteiger partial charge is 0.306 e. The van der Waals surface area contributed by atoms with Crippen LogP contribution in [-0.2, 0) is 28.6 Å². The van der Waals surface area contributed by atoms with Crippen molar-refractivity contribution >= 4 is 17.9 Å². The molecule has 0 spiro atoms. The third-order valence-corrected chi connectivity index (χ3v) is 10.9. The molecule has 0 aliphatic rings. The molecule has 0 aromatic carbocycles. The summed E-state index contributed by atoms with van der Waals surface area (Å²) >= 11 is 0. The SMILES string of the molecule is CC/C=C\C/C=C\C/C=C\C/C=C\C/C=C\C/C=C\CCC(=O)OCC(COC(=O)CCCCCCC/C=C\CCCCCC)OC(=O)CCCCCCCCC/C=C\C/C=C\C/C=C\CC. The van der Waals surface area contributed by atoms with Gasteiger partial charge in [-0.15, -0.1) is 0 Å². The second-order valence-electron chi connectivity index (χ2n) is 17.4. The molecule has 0 aromatic rings. The molecule has 0 radical (unpaired) electrons. The molecule has 6 nitrogen and oxygen atoms in total. The highest BCUT2D eigenvalue weighted by Gasteiger charge is 2.19. The summed E-state index contributed by atoms with van der Waals surface area (Å²) in [4.78, 5) is 38.0. The minimum Gasteiger partial charge on any atom is -0.462 e. The van der Waals surface area contributed by atoms with E-state index in [1.54, 1.807) is 0 Å². The van der Waals surface area contributed by atoms with Gasteiger partial charge in [-0.2, -0.15) is 0 Å². The van der Waals surface area contributed by atoms with E-state index in [0.29, 0.717) is 19.3 Å². The van der Waals surface area contributed by atoms with Gasteiger partial charge in [0, 0.05) is 19.3 Å². The Kier molecular flexibility index (Phi) is 51.0. The summed E-state index contributed by atoms with van der Waals surface area (Å²) < 4.78 is 16.7. The van der Waals surface area contributed by atoms with Gasteiger partial charge in [-0.05, 0) is 116 Å². The number of unbranched alkanes of at least 4 members (excludes halogenated alkanes) is 16. The number of hydrogen-bond donors (Lipinski definition) is 0. The number of esters is 3. The maximum absolute atomic E-state index is 12.8. The zero-order chi connectivity index (χ0) is 48.6. The quantitative estimate of drug-likeness (QED) is 0.0262. The average Bonchev–Trinajstić information content (AvgIpc) is 3.33. The third-order valence-electron chi connectivity index (χ3n) is 10.9. The highest BCUT2D eigenvalue weighted by molar-refractivity contribution is 5.71. The second kappa shape index (κ2) is 54.4. The van der Waals surface area contributed by atoms with Gasteiger partial charge in [0.1, 0.15) is 13.2 Å². The van der Waals surface area contributed by atoms with Gasteiger partial charge >= 0.3 is 17.9 Å². The topological polar surface area (TPSA) is 78.9 Å². The molecule has 0 saturated heterocycles. The van der Waals surface area contributed by atoms with Crippen molar-refractivity contribution in [1.29, 1.82) is 0 Å². The minimum absolute atomic E-state index is 0.113. The van der Waals surface area contributed by atoms with Crippen LogP contribution < -0.4 is 0 Å². The van der Waals surface area contributed by atoms with E-state index in [1.807, 2.05) is 12.2 Å². The van der Waals surface area contributed by atoms with Gasteiger partial charge in [-0.3, -0.25) is 14.4 Å². The van der Waals surface area contributed by atoms with Crippen LogP contribution in [0.2, 0.25) is 0 Å². The first-order valence-electron chi connectivity index (χ1n) is 27.0. The van der Waals surface area contributed by atoms with Crippen LogP contribution in [0, 0.1) is 0 Å². The minimum atomic E-state index is -0.820. The van der Waals surface area contributed by atoms with Crippen LogP contribution in [0.25, 0.3) is 0 Å². The Labute approximate surface area is 412 Å². The molecule has 1 unspecified atom stereocenters. The lowest BCUT2D eigenvalue weighted by molar-refractivity contribution is -0.166. The van der Waals surface area contributed by atoms with E-state index in [-0.39, 0.29) is 37.5 Å². The molecule has 6 heteroatoms. The molecule has 0 aromatic heterocycles. The molecule has 0 bridgehead atoms. The molecule has 67 heavy (non-hydrogen) atoms. The number of carbonyl (C=O) groups is 3. The Bertz CT molecular complexity index is 1440. The fourth-order valence-electron chi connectivity index (χ4n) is 6.95. The molecule has 0 fully saturated rings. The lowest BCUT2D eigenvalue weighted by atomic mass is 10.1. The summed E-state index contributed by atoms with van der Waals surface area (Å²) in [6, 6.07) is 0. The van der Waals surface area contributed by atoms with Gasteiger partial charge in [-0.25, -0.2) is 0 Å². The van der Waals surface area contributed by atoms with Crippen molar-refractivity contribution in [3.63, 3.8) is 0 Å². The first-order valence-corrected chi connectivity index (χ1v) is 27.0. The van der Waals surface area contributed by atoms with E-state index in [0.717, 1.165) is 122 Å². The lowest BCUT2D eigenvalue weighted by Gasteiger charge is -2.18. The number of rotatable bonds is 47. The Morgan fingerprint density at radius 2 is 0.612 bits per heavy atom. The zero-order valence-corrected chi connectivity index (χ0v) is 43.1. The molecule has 0 aliphatic heterocycles. The van der Waals surface area contributed by atoms with Crippen molar-refractivity contribution in [2.75, 3.05) is 13.2 Å². The molecule has 378 valence electrons. The van der Waals surface area contributed by atoms with Crippen LogP contribution in [0.5, 0.6) is 0 Å². The zero-order valence-electron chi connectivity index (χ0n) is 43.1. The van der Waals surface area contributed by atoms with Crippen molar-refractivity contribution in [1.82, 2.24) is 0 Å². The molecule has 1 atom stereocenters. The Hall–Kier alpha value is -4.19. The van der Waals surface area contributed by atoms with Gasteiger partial charge in [0.2, 0.25) is 0 Å². The van der Waals surface area contributed by atoms with Crippen LogP contribution in [0.3, 0.4) is 0 Å². The number of hydrogen-bond acceptors (Lipinski definition) is 6. The lowest BCUT2D eigenvalue weighted by Crippen LogP contribution is -2.30. The average molecular weight is 927 g/mol. The molecular formula is C61H98O6. The molecular weight excluding hydrogens is 829 g/mol. The fourth-order valence-corrected chi connectivity index (χ4v) is 6.95. The van der Waals surface area contributed by atoms with Crippen molar-refractivity contribution in [2.45, 2.75) is 232 Å². The summed E-state index contributed by atoms with van der Waals surface area (Å²) in [6.07, 6.45) is 74.8. The van der Waals surface area contributed by atoms with Gasteiger partial charge in [0.15, 0.2) is 6.10 Å². The van der Waals surface area contributed by atoms with Crippen LogP contribution in [0.4, 0.5) is 0 Å². The second-order valence-corrected chi connectivity index (χ2v) is 17.4. The van der Waals surface area contributed by atoms with Crippen molar-refractivity contribution in [3.8, 4) is 0 Å². The summed E-state index contributed by atoms with van der Waals surface area (Å²) in [5.74, 6) is -1.02. The Morgan fingerprint density at radius 1 is 0.313 bits per heavy atom. The van der Waals surface area contributed by atoms with Crippen LogP contribution in [-0.4, -0.2) is 37.2 Å². The van der Waals surface area contributed by atoms with E-state index in [2.05, 4.69) is 130 Å². The number of allylic oxidation sites excluding steroid dienone is 20. The van der Waals surface area contributed by atoms with Crippen LogP contribution in [0.15, 0.2) is 122 Å². The monoisotopic (exact) mass is 927 g/mol. The van der Waals surface area contributed by atoms with E-state index < -0.39 is 6.10 Å². The molecule has 0 rings (SSSR count). The highest BCUT2D eigenvalue weighted by Crippen LogP contribution is 2.13. The number of ether oxygens (including phenoxy) is 3. The van der Waals surface area contributed by atoms with Gasteiger partial charge in [-0.1, -0.05) is 213 Å². The first-order chi connectivity index (χ1) is 33.0. The van der Waals surface area contributed by atoms with E-state index >= 15 is 0 Å². The Morgan fingerprint density at radius 3 is 1.01 bits per heavy atom. The van der Waals surface area contributed by atoms with Crippen molar-refractivity contribution in [2.24, 2.45) is 0 Å². The van der Waals surface area contributed by atoms with Crippen molar-refractivity contribution < 1.29 is 28.6 Å². The molecule has 0 amide bonds. The number of carbonyl (C=O) groups excluding carboxylic acids is 3. The summed E-state index contributed by atoms with van der Waals surface area (Å²) in [5, 5.41) is 0. The summed E-state index contributed by atoms with van der Waals surface area (Å²) in [6.45, 7) is 6.31. The predicted octanol–water partition coefficient (Wildman–Crippen LogP) is 18.1. The fraction of sp³-hybridized carbons (Fsp3) is 0.623. The van der Waals surface area contributed by atoms with Gasteiger partial charge < -0.3 is 14.2 Å². The molecule has 0 aliphatic carbocycles. The van der Waals surface area contributed by atoms with E-state index in [1.165, 1.54) is 57.8 Å². The normalized spacial score (nSPS) is 13.1. The summed E-state index contributed by atoms with van der Waals surface area (Å²) in [5.41, 5.74) is 0. The van der Waals surface area contributed by atoms with E-state index in [9.17, 15) is 14.4 Å². The third kappa shape index (κ3) is 52.6. The first kappa shape index (κ1) is 62.8. The van der Waals surface area contributed by atoms with Gasteiger partial charge in [0.25, 0.3) is 0 Å². The standard InChI is InChI=1S/C61H98O6/c1-4-7-10-13-16-19-22-25-27-29-30-32-33-36-39-42-45-48-51-54-60(63)66-57-58(56-65-59(62)53-50-47-44-41-38-35-24-21-18-15-12-9-6-3)67-61(64)55-52-49-46-43-40-37-34-31-28-26-23-20-17-14-11-8-5-2/h7-8,10-11,16-17,19-21,24-28,30,32,36,39,45,48,58H,4-6,9,12-15,18,22-23,29,31,33-35,37-38,40-44,46-47,49-57H2,1-3H3/b10-7-,11-8-,19-16-,20-17-,24-21-,27-25-,28-26-,32-30-,39-36-,48-45-. The Balaban J connectivity index is 4.54.